The van der Waals surface area contributed by atoms with Gasteiger partial charge < -0.3 is 20.3 Å². The number of alkyl halides is 3. The zero-order chi connectivity index (χ0) is 25.9. The van der Waals surface area contributed by atoms with Gasteiger partial charge in [-0.25, -0.2) is 23.4 Å². The van der Waals surface area contributed by atoms with E-state index in [0.29, 0.717) is 16.9 Å². The van der Waals surface area contributed by atoms with E-state index >= 15 is 0 Å². The Morgan fingerprint density at radius 1 is 1.26 bits per heavy atom. The van der Waals surface area contributed by atoms with E-state index in [0.717, 1.165) is 12.5 Å². The molecular weight excluding hydrogens is 489 g/mol. The first-order chi connectivity index (χ1) is 16.2. The molecule has 0 saturated heterocycles. The van der Waals surface area contributed by atoms with Crippen LogP contribution in [0.3, 0.4) is 0 Å². The molecule has 2 aromatic heterocycles. The van der Waals surface area contributed by atoms with Crippen LogP contribution in [0.2, 0.25) is 0 Å². The zero-order valence-corrected chi connectivity index (χ0v) is 19.9. The highest BCUT2D eigenvalue weighted by Gasteiger charge is 2.40. The molecule has 1 amide bonds. The SMILES string of the molecule is CC(C)C1c2nc3cc(CO)c(S(C)(=O)=O)cc3n2CCN1c1ncc(C(N)=O)c(C(F)(F)F)n1. The van der Waals surface area contributed by atoms with Crippen molar-refractivity contribution in [1.29, 1.82) is 0 Å². The van der Waals surface area contributed by atoms with Gasteiger partial charge in [0.05, 0.1) is 34.1 Å². The van der Waals surface area contributed by atoms with Crippen molar-refractivity contribution >= 4 is 32.7 Å². The molecule has 0 radical (unpaired) electrons. The summed E-state index contributed by atoms with van der Waals surface area (Å²) in [6, 6.07) is 2.40. The van der Waals surface area contributed by atoms with E-state index in [-0.39, 0.29) is 35.4 Å². The van der Waals surface area contributed by atoms with E-state index in [9.17, 15) is 31.5 Å². The summed E-state index contributed by atoms with van der Waals surface area (Å²) in [7, 11) is -3.63. The number of aliphatic hydroxyl groups excluding tert-OH is 1. The molecule has 10 nitrogen and oxygen atoms in total. The lowest BCUT2D eigenvalue weighted by Crippen LogP contribution is -2.42. The van der Waals surface area contributed by atoms with Crippen LogP contribution in [0.1, 0.15) is 47.3 Å². The molecule has 1 aromatic carbocycles. The smallest absolute Gasteiger partial charge is 0.392 e. The fourth-order valence-electron chi connectivity index (χ4n) is 4.42. The van der Waals surface area contributed by atoms with Crippen molar-refractivity contribution in [2.75, 3.05) is 17.7 Å². The molecule has 0 spiro atoms. The number of aromatic nitrogens is 4. The summed E-state index contributed by atoms with van der Waals surface area (Å²) in [5.74, 6) is -1.18. The van der Waals surface area contributed by atoms with Crippen molar-refractivity contribution < 1.29 is 31.5 Å². The lowest BCUT2D eigenvalue weighted by molar-refractivity contribution is -0.141. The first-order valence-corrected chi connectivity index (χ1v) is 12.5. The third-order valence-electron chi connectivity index (χ3n) is 5.89. The van der Waals surface area contributed by atoms with Gasteiger partial charge in [-0.1, -0.05) is 13.8 Å². The summed E-state index contributed by atoms with van der Waals surface area (Å²) in [5, 5.41) is 9.68. The second-order valence-corrected chi connectivity index (χ2v) is 10.7. The van der Waals surface area contributed by atoms with Crippen LogP contribution in [0.25, 0.3) is 11.0 Å². The summed E-state index contributed by atoms with van der Waals surface area (Å²) >= 11 is 0. The largest absolute Gasteiger partial charge is 0.434 e. The van der Waals surface area contributed by atoms with Crippen LogP contribution in [0.5, 0.6) is 0 Å². The van der Waals surface area contributed by atoms with Gasteiger partial charge in [0.1, 0.15) is 5.82 Å². The molecule has 0 bridgehead atoms. The Morgan fingerprint density at radius 3 is 2.49 bits per heavy atom. The molecule has 35 heavy (non-hydrogen) atoms. The molecule has 1 atom stereocenters. The first kappa shape index (κ1) is 24.9. The number of sulfone groups is 1. The molecule has 0 fully saturated rings. The van der Waals surface area contributed by atoms with Gasteiger partial charge in [0.25, 0.3) is 5.91 Å². The standard InChI is InChI=1S/C21H23F3N6O4S/c1-10(2)16-19-27-13-6-11(9-31)15(35(3,33)34)7-14(13)29(19)4-5-30(16)20-26-8-12(18(25)32)17(28-20)21(22,23)24/h6-8,10,16,31H,4-5,9H2,1-3H3,(H2,25,32). The molecule has 188 valence electrons. The summed E-state index contributed by atoms with van der Waals surface area (Å²) in [4.78, 5) is 25.4. The van der Waals surface area contributed by atoms with Gasteiger partial charge in [0, 0.05) is 25.5 Å². The minimum atomic E-state index is -4.92. The van der Waals surface area contributed by atoms with Crippen LogP contribution in [-0.2, 0) is 29.2 Å². The minimum absolute atomic E-state index is 0.0149. The van der Waals surface area contributed by atoms with Crippen molar-refractivity contribution in [3.63, 3.8) is 0 Å². The van der Waals surface area contributed by atoms with Gasteiger partial charge in [0.15, 0.2) is 15.5 Å². The van der Waals surface area contributed by atoms with Crippen LogP contribution in [-0.4, -0.2) is 51.8 Å². The number of hydrogen-bond acceptors (Lipinski definition) is 8. The quantitative estimate of drug-likeness (QED) is 0.529. The van der Waals surface area contributed by atoms with Gasteiger partial charge in [-0.3, -0.25) is 4.79 Å². The number of imidazole rings is 1. The number of fused-ring (bicyclic) bond motifs is 3. The maximum Gasteiger partial charge on any atom is 0.434 e. The molecule has 0 saturated carbocycles. The van der Waals surface area contributed by atoms with E-state index in [1.807, 2.05) is 18.4 Å². The van der Waals surface area contributed by atoms with Crippen molar-refractivity contribution in [3.8, 4) is 0 Å². The number of benzene rings is 1. The number of anilines is 1. The lowest BCUT2D eigenvalue weighted by Gasteiger charge is -2.38. The minimum Gasteiger partial charge on any atom is -0.392 e. The molecule has 0 aliphatic carbocycles. The van der Waals surface area contributed by atoms with Gasteiger partial charge in [-0.05, 0) is 23.6 Å². The lowest BCUT2D eigenvalue weighted by atomic mass is 10.00. The number of primary amides is 1. The third-order valence-corrected chi connectivity index (χ3v) is 7.07. The van der Waals surface area contributed by atoms with Crippen LogP contribution in [0, 0.1) is 5.92 Å². The monoisotopic (exact) mass is 512 g/mol. The predicted octanol–water partition coefficient (Wildman–Crippen LogP) is 2.06. The summed E-state index contributed by atoms with van der Waals surface area (Å²) in [6.45, 7) is 3.68. The molecule has 3 N–H and O–H groups in total. The normalized spacial score (nSPS) is 16.7. The van der Waals surface area contributed by atoms with E-state index in [4.69, 9.17) is 5.73 Å². The molecule has 1 unspecified atom stereocenters. The summed E-state index contributed by atoms with van der Waals surface area (Å²) in [5.41, 5.74) is 4.03. The molecule has 1 aliphatic rings. The van der Waals surface area contributed by atoms with Gasteiger partial charge in [-0.2, -0.15) is 13.2 Å². The number of rotatable bonds is 5. The maximum absolute atomic E-state index is 13.6. The Hall–Kier alpha value is -3.26. The van der Waals surface area contributed by atoms with Crippen LogP contribution in [0.4, 0.5) is 19.1 Å². The fourth-order valence-corrected chi connectivity index (χ4v) is 5.34. The third kappa shape index (κ3) is 4.31. The van der Waals surface area contributed by atoms with Crippen LogP contribution in [0.15, 0.2) is 23.2 Å². The Kier molecular flexibility index (Phi) is 6.00. The predicted molar refractivity (Wildman–Crippen MR) is 119 cm³/mol. The number of halogens is 3. The molecule has 3 heterocycles. The zero-order valence-electron chi connectivity index (χ0n) is 19.0. The summed E-state index contributed by atoms with van der Waals surface area (Å²) < 4.78 is 67.1. The number of carbonyl (C=O) groups is 1. The Bertz CT molecular complexity index is 1440. The maximum atomic E-state index is 13.6. The number of hydrogen-bond donors (Lipinski definition) is 2. The molecule has 3 aromatic rings. The van der Waals surface area contributed by atoms with Crippen molar-refractivity contribution in [3.05, 3.63) is 41.0 Å². The van der Waals surface area contributed by atoms with E-state index < -0.39 is 45.8 Å². The second-order valence-electron chi connectivity index (χ2n) is 8.68. The van der Waals surface area contributed by atoms with Gasteiger partial charge >= 0.3 is 6.18 Å². The van der Waals surface area contributed by atoms with E-state index in [1.165, 1.54) is 12.1 Å². The van der Waals surface area contributed by atoms with Crippen LogP contribution >= 0.6 is 0 Å². The average molecular weight is 513 g/mol. The molecule has 4 rings (SSSR count). The average Bonchev–Trinajstić information content (AvgIpc) is 3.13. The molecular formula is C21H23F3N6O4S. The Balaban J connectivity index is 1.88. The van der Waals surface area contributed by atoms with Crippen molar-refractivity contribution in [1.82, 2.24) is 19.5 Å². The van der Waals surface area contributed by atoms with Crippen molar-refractivity contribution in [2.45, 2.75) is 44.1 Å². The topological polar surface area (TPSA) is 144 Å². The van der Waals surface area contributed by atoms with Gasteiger partial charge in [0.2, 0.25) is 5.95 Å². The van der Waals surface area contributed by atoms with E-state index in [2.05, 4.69) is 15.0 Å². The Morgan fingerprint density at radius 2 is 1.94 bits per heavy atom. The second kappa shape index (κ2) is 8.45. The summed E-state index contributed by atoms with van der Waals surface area (Å²) in [6.07, 6.45) is -3.10. The fraction of sp³-hybridized carbons (Fsp3) is 0.429. The number of nitrogens with two attached hydrogens (primary N) is 1. The number of carbonyl (C=O) groups excluding carboxylic acids is 1. The van der Waals surface area contributed by atoms with Crippen molar-refractivity contribution in [2.24, 2.45) is 11.7 Å². The number of aliphatic hydroxyl groups is 1. The number of amides is 1. The van der Waals surface area contributed by atoms with E-state index in [1.54, 1.807) is 4.90 Å². The molecule has 1 aliphatic heterocycles. The van der Waals surface area contributed by atoms with Crippen LogP contribution < -0.4 is 10.6 Å². The highest BCUT2D eigenvalue weighted by Crippen LogP contribution is 2.38. The number of nitrogens with zero attached hydrogens (tertiary/aromatic N) is 5. The molecule has 14 heteroatoms. The first-order valence-electron chi connectivity index (χ1n) is 10.6. The van der Waals surface area contributed by atoms with Gasteiger partial charge in [-0.15, -0.1) is 0 Å². The highest BCUT2D eigenvalue weighted by molar-refractivity contribution is 7.90. The Labute approximate surface area is 198 Å². The highest BCUT2D eigenvalue weighted by atomic mass is 32.2.